The van der Waals surface area contributed by atoms with Crippen LogP contribution in [0.3, 0.4) is 0 Å². The van der Waals surface area contributed by atoms with Crippen molar-refractivity contribution in [3.8, 4) is 0 Å². The molecule has 0 amide bonds. The molecule has 1 fully saturated rings. The zero-order chi connectivity index (χ0) is 19.5. The average Bonchev–Trinajstić information content (AvgIpc) is 2.81. The van der Waals surface area contributed by atoms with Gasteiger partial charge in [0.25, 0.3) is 0 Å². The van der Waals surface area contributed by atoms with Gasteiger partial charge in [0.2, 0.25) is 0 Å². The number of aliphatic carboxylic acids is 1. The first kappa shape index (κ1) is 22.8. The van der Waals surface area contributed by atoms with Crippen molar-refractivity contribution in [2.24, 2.45) is 11.8 Å². The molecule has 0 spiro atoms. The number of carboxylic acid groups (broad SMARTS) is 1. The number of aliphatic hydroxyl groups excluding tert-OH is 3. The second-order valence-electron chi connectivity index (χ2n) is 7.29. The number of unbranched alkanes of at least 4 members (excludes halogenated alkanes) is 1. The fourth-order valence-electron chi connectivity index (χ4n) is 3.38. The maximum absolute atomic E-state index is 14.2. The molecule has 0 aromatic carbocycles. The Morgan fingerprint density at radius 1 is 1.23 bits per heavy atom. The summed E-state index contributed by atoms with van der Waals surface area (Å²) in [4.78, 5) is 10.4. The first-order valence-electron chi connectivity index (χ1n) is 9.54. The molecule has 1 unspecified atom stereocenters. The van der Waals surface area contributed by atoms with Crippen molar-refractivity contribution in [2.45, 2.75) is 82.8 Å². The highest BCUT2D eigenvalue weighted by molar-refractivity contribution is 5.66. The molecule has 0 aliphatic heterocycles. The molecule has 5 nitrogen and oxygen atoms in total. The van der Waals surface area contributed by atoms with E-state index in [1.807, 2.05) is 12.2 Å². The first-order chi connectivity index (χ1) is 12.3. The third-order valence-corrected chi connectivity index (χ3v) is 4.88. The van der Waals surface area contributed by atoms with E-state index < -0.39 is 24.3 Å². The van der Waals surface area contributed by atoms with Gasteiger partial charge in [0.15, 0.2) is 0 Å². The largest absolute Gasteiger partial charge is 0.481 e. The van der Waals surface area contributed by atoms with Crippen LogP contribution in [0.25, 0.3) is 0 Å². The van der Waals surface area contributed by atoms with E-state index in [0.29, 0.717) is 38.5 Å². The van der Waals surface area contributed by atoms with E-state index >= 15 is 0 Å². The topological polar surface area (TPSA) is 98.0 Å². The van der Waals surface area contributed by atoms with Gasteiger partial charge in [0.05, 0.1) is 18.3 Å². The molecular weight excluding hydrogens is 339 g/mol. The summed E-state index contributed by atoms with van der Waals surface area (Å²) >= 11 is 0. The van der Waals surface area contributed by atoms with E-state index in [0.717, 1.165) is 0 Å². The van der Waals surface area contributed by atoms with Crippen LogP contribution in [-0.4, -0.2) is 50.9 Å². The van der Waals surface area contributed by atoms with E-state index in [2.05, 4.69) is 0 Å². The fourth-order valence-corrected chi connectivity index (χ4v) is 3.38. The van der Waals surface area contributed by atoms with Gasteiger partial charge in [-0.15, -0.1) is 0 Å². The van der Waals surface area contributed by atoms with Crippen LogP contribution in [-0.2, 0) is 4.79 Å². The summed E-state index contributed by atoms with van der Waals surface area (Å²) in [6.07, 6.45) is 7.93. The van der Waals surface area contributed by atoms with Gasteiger partial charge in [-0.2, -0.15) is 0 Å². The first-order valence-corrected chi connectivity index (χ1v) is 9.54. The number of hydrogen-bond donors (Lipinski definition) is 4. The van der Waals surface area contributed by atoms with Gasteiger partial charge in [-0.25, -0.2) is 4.39 Å². The average molecular weight is 372 g/mol. The van der Waals surface area contributed by atoms with Gasteiger partial charge in [0.1, 0.15) is 6.17 Å². The summed E-state index contributed by atoms with van der Waals surface area (Å²) in [5.41, 5.74) is 0. The van der Waals surface area contributed by atoms with Crippen LogP contribution in [0.5, 0.6) is 0 Å². The number of alkyl halides is 1. The minimum absolute atomic E-state index is 0.102. The number of halogens is 1. The Bertz CT molecular complexity index is 463. The molecule has 6 atom stereocenters. The third-order valence-electron chi connectivity index (χ3n) is 4.88. The predicted octanol–water partition coefficient (Wildman–Crippen LogP) is 2.99. The van der Waals surface area contributed by atoms with E-state index in [4.69, 9.17) is 5.11 Å². The SMILES string of the molecule is C[C@@H](O)CCCC(O)/C=C/[C@@H]1[C@@H](C/C=C\CCCC(=O)O)[C@H](F)C[C@H]1O. The lowest BCUT2D eigenvalue weighted by Gasteiger charge is -2.19. The molecule has 0 heterocycles. The van der Waals surface area contributed by atoms with E-state index in [1.54, 1.807) is 19.1 Å². The molecule has 1 aliphatic rings. The van der Waals surface area contributed by atoms with E-state index in [9.17, 15) is 24.5 Å². The minimum atomic E-state index is -1.09. The highest BCUT2D eigenvalue weighted by atomic mass is 19.1. The van der Waals surface area contributed by atoms with E-state index in [-0.39, 0.29) is 30.8 Å². The normalized spacial score (nSPS) is 28.8. The number of allylic oxidation sites excluding steroid dienone is 2. The number of aliphatic hydroxyl groups is 3. The predicted molar refractivity (Wildman–Crippen MR) is 98.4 cm³/mol. The lowest BCUT2D eigenvalue weighted by atomic mass is 9.90. The molecule has 1 rings (SSSR count). The Morgan fingerprint density at radius 3 is 2.62 bits per heavy atom. The molecular formula is C20H33FO5. The van der Waals surface area contributed by atoms with Gasteiger partial charge in [-0.1, -0.05) is 24.3 Å². The second-order valence-corrected chi connectivity index (χ2v) is 7.29. The molecule has 0 radical (unpaired) electrons. The number of rotatable bonds is 12. The molecule has 0 aromatic rings. The van der Waals surface area contributed by atoms with Gasteiger partial charge in [0, 0.05) is 24.7 Å². The van der Waals surface area contributed by atoms with Crippen molar-refractivity contribution in [1.82, 2.24) is 0 Å². The number of hydrogen-bond acceptors (Lipinski definition) is 4. The van der Waals surface area contributed by atoms with Crippen LogP contribution >= 0.6 is 0 Å². The summed E-state index contributed by atoms with van der Waals surface area (Å²) in [6.45, 7) is 1.71. The zero-order valence-corrected chi connectivity index (χ0v) is 15.5. The number of carboxylic acids is 1. The zero-order valence-electron chi connectivity index (χ0n) is 15.5. The third kappa shape index (κ3) is 8.92. The minimum Gasteiger partial charge on any atom is -0.481 e. The van der Waals surface area contributed by atoms with Gasteiger partial charge in [-0.05, 0) is 45.4 Å². The van der Waals surface area contributed by atoms with Crippen LogP contribution in [0, 0.1) is 11.8 Å². The molecule has 0 aromatic heterocycles. The van der Waals surface area contributed by atoms with Gasteiger partial charge >= 0.3 is 5.97 Å². The second kappa shape index (κ2) is 12.2. The summed E-state index contributed by atoms with van der Waals surface area (Å²) in [6, 6.07) is 0. The maximum atomic E-state index is 14.2. The summed E-state index contributed by atoms with van der Waals surface area (Å²) < 4.78 is 14.2. The Morgan fingerprint density at radius 2 is 1.96 bits per heavy atom. The van der Waals surface area contributed by atoms with Crippen molar-refractivity contribution in [2.75, 3.05) is 0 Å². The Kier molecular flexibility index (Phi) is 10.7. The van der Waals surface area contributed by atoms with Crippen molar-refractivity contribution in [3.63, 3.8) is 0 Å². The van der Waals surface area contributed by atoms with Gasteiger partial charge in [-0.3, -0.25) is 4.79 Å². The quantitative estimate of drug-likeness (QED) is 0.312. The van der Waals surface area contributed by atoms with Crippen molar-refractivity contribution in [1.29, 1.82) is 0 Å². The maximum Gasteiger partial charge on any atom is 0.303 e. The summed E-state index contributed by atoms with van der Waals surface area (Å²) in [5.74, 6) is -1.49. The molecule has 0 saturated heterocycles. The Labute approximate surface area is 155 Å². The Balaban J connectivity index is 2.46. The van der Waals surface area contributed by atoms with Crippen molar-refractivity contribution >= 4 is 5.97 Å². The van der Waals surface area contributed by atoms with Crippen molar-refractivity contribution in [3.05, 3.63) is 24.3 Å². The summed E-state index contributed by atoms with van der Waals surface area (Å²) in [5, 5.41) is 37.9. The molecule has 150 valence electrons. The monoisotopic (exact) mass is 372 g/mol. The molecule has 26 heavy (non-hydrogen) atoms. The molecule has 0 bridgehead atoms. The van der Waals surface area contributed by atoms with E-state index in [1.165, 1.54) is 0 Å². The highest BCUT2D eigenvalue weighted by Crippen LogP contribution is 2.38. The van der Waals surface area contributed by atoms with Crippen LogP contribution in [0.4, 0.5) is 4.39 Å². The van der Waals surface area contributed by atoms with Gasteiger partial charge < -0.3 is 20.4 Å². The lowest BCUT2D eigenvalue weighted by molar-refractivity contribution is -0.137. The highest BCUT2D eigenvalue weighted by Gasteiger charge is 2.40. The molecule has 1 aliphatic carbocycles. The van der Waals surface area contributed by atoms with Crippen LogP contribution in [0.15, 0.2) is 24.3 Å². The Hall–Kier alpha value is -1.24. The molecule has 6 heteroatoms. The van der Waals surface area contributed by atoms with Crippen LogP contribution < -0.4 is 0 Å². The summed E-state index contributed by atoms with van der Waals surface area (Å²) in [7, 11) is 0. The molecule has 1 saturated carbocycles. The fraction of sp³-hybridized carbons (Fsp3) is 0.750. The van der Waals surface area contributed by atoms with Crippen LogP contribution in [0.1, 0.15) is 58.3 Å². The lowest BCUT2D eigenvalue weighted by Crippen LogP contribution is -2.19. The smallest absolute Gasteiger partial charge is 0.303 e. The standard InChI is InChI=1S/C20H33FO5/c1-14(22)7-6-8-15(23)11-12-17-16(18(21)13-19(17)24)9-4-2-3-5-10-20(25)26/h2,4,11-12,14-19,22-24H,3,5-10,13H2,1H3,(H,25,26)/b4-2-,12-11+/t14-,15?,16-,17-,18-,19-/m1/s1. The molecule has 4 N–H and O–H groups in total. The number of carbonyl (C=O) groups is 1. The van der Waals surface area contributed by atoms with Crippen molar-refractivity contribution < 1.29 is 29.6 Å². The van der Waals surface area contributed by atoms with Crippen LogP contribution in [0.2, 0.25) is 0 Å².